The zero-order chi connectivity index (χ0) is 20.6. The van der Waals surface area contributed by atoms with Gasteiger partial charge in [0.1, 0.15) is 5.69 Å². The average Bonchev–Trinajstić information content (AvgIpc) is 3.02. The number of piperidine rings is 1. The van der Waals surface area contributed by atoms with E-state index in [1.165, 1.54) is 4.90 Å². The number of hydrogen-bond acceptors (Lipinski definition) is 4. The van der Waals surface area contributed by atoms with E-state index in [1.54, 1.807) is 4.90 Å². The Hall–Kier alpha value is -1.75. The summed E-state index contributed by atoms with van der Waals surface area (Å²) in [5.41, 5.74) is -2.54. The third-order valence-electron chi connectivity index (χ3n) is 5.41. The summed E-state index contributed by atoms with van der Waals surface area (Å²) in [6.45, 7) is 1.09. The molecule has 0 spiro atoms. The van der Waals surface area contributed by atoms with Gasteiger partial charge in [-0.05, 0) is 19.3 Å². The lowest BCUT2D eigenvalue weighted by Crippen LogP contribution is -2.48. The number of aliphatic hydroxyl groups is 1. The molecule has 0 radical (unpaired) electrons. The SMILES string of the molecule is O=C(c1cc(C(F)(F)F)[nH]n1)N1CCC[C@](O)(CN2CCC(F)(F)CC2)CC1. The maximum absolute atomic E-state index is 13.3. The second-order valence-corrected chi connectivity index (χ2v) is 7.67. The van der Waals surface area contributed by atoms with Crippen LogP contribution in [0.2, 0.25) is 0 Å². The van der Waals surface area contributed by atoms with Crippen molar-refractivity contribution in [2.75, 3.05) is 32.7 Å². The van der Waals surface area contributed by atoms with E-state index in [1.807, 2.05) is 5.10 Å². The van der Waals surface area contributed by atoms with E-state index in [0.29, 0.717) is 18.9 Å². The van der Waals surface area contributed by atoms with Crippen LogP contribution in [-0.4, -0.2) is 75.3 Å². The molecule has 11 heteroatoms. The number of carbonyl (C=O) groups excluding carboxylic acids is 1. The normalized spacial score (nSPS) is 26.9. The number of carbonyl (C=O) groups is 1. The molecule has 158 valence electrons. The largest absolute Gasteiger partial charge is 0.432 e. The van der Waals surface area contributed by atoms with Crippen LogP contribution in [0.25, 0.3) is 0 Å². The maximum atomic E-state index is 13.3. The van der Waals surface area contributed by atoms with Gasteiger partial charge >= 0.3 is 6.18 Å². The Kier molecular flexibility index (Phi) is 5.68. The van der Waals surface area contributed by atoms with Gasteiger partial charge in [-0.15, -0.1) is 0 Å². The Balaban J connectivity index is 1.58. The summed E-state index contributed by atoms with van der Waals surface area (Å²) in [4.78, 5) is 15.6. The molecule has 0 unspecified atom stereocenters. The summed E-state index contributed by atoms with van der Waals surface area (Å²) in [6.07, 6.45) is -4.03. The minimum Gasteiger partial charge on any atom is -0.388 e. The topological polar surface area (TPSA) is 72.5 Å². The highest BCUT2D eigenvalue weighted by molar-refractivity contribution is 5.92. The van der Waals surface area contributed by atoms with Gasteiger partial charge in [0, 0.05) is 51.6 Å². The number of likely N-dealkylation sites (tertiary alicyclic amines) is 2. The Morgan fingerprint density at radius 1 is 1.14 bits per heavy atom. The molecule has 1 amide bonds. The fourth-order valence-corrected chi connectivity index (χ4v) is 3.73. The maximum Gasteiger partial charge on any atom is 0.432 e. The smallest absolute Gasteiger partial charge is 0.388 e. The van der Waals surface area contributed by atoms with E-state index < -0.39 is 29.3 Å². The lowest BCUT2D eigenvalue weighted by Gasteiger charge is -2.37. The van der Waals surface area contributed by atoms with E-state index in [4.69, 9.17) is 0 Å². The highest BCUT2D eigenvalue weighted by Crippen LogP contribution is 2.31. The number of hydrogen-bond donors (Lipinski definition) is 2. The van der Waals surface area contributed by atoms with Crippen molar-refractivity contribution in [1.29, 1.82) is 0 Å². The number of nitrogens with zero attached hydrogens (tertiary/aromatic N) is 3. The van der Waals surface area contributed by atoms with Crippen LogP contribution in [0.3, 0.4) is 0 Å². The van der Waals surface area contributed by atoms with E-state index in [0.717, 1.165) is 0 Å². The number of halogens is 5. The van der Waals surface area contributed by atoms with Gasteiger partial charge in [-0.25, -0.2) is 8.78 Å². The third-order valence-corrected chi connectivity index (χ3v) is 5.41. The number of alkyl halides is 5. The van der Waals surface area contributed by atoms with Crippen LogP contribution >= 0.6 is 0 Å². The van der Waals surface area contributed by atoms with Crippen LogP contribution in [-0.2, 0) is 6.18 Å². The molecule has 3 rings (SSSR count). The van der Waals surface area contributed by atoms with Crippen LogP contribution in [0.1, 0.15) is 48.3 Å². The molecule has 2 aliphatic rings. The van der Waals surface area contributed by atoms with Crippen LogP contribution < -0.4 is 0 Å². The lowest BCUT2D eigenvalue weighted by molar-refractivity contribution is -0.141. The van der Waals surface area contributed by atoms with E-state index in [2.05, 4.69) is 5.10 Å². The number of aromatic amines is 1. The van der Waals surface area contributed by atoms with Gasteiger partial charge in [0.05, 0.1) is 5.60 Å². The summed E-state index contributed by atoms with van der Waals surface area (Å²) in [6, 6.07) is 0.674. The van der Waals surface area contributed by atoms with E-state index in [9.17, 15) is 31.9 Å². The molecule has 0 saturated carbocycles. The van der Waals surface area contributed by atoms with Gasteiger partial charge in [0.15, 0.2) is 5.69 Å². The molecule has 1 atom stereocenters. The van der Waals surface area contributed by atoms with Crippen molar-refractivity contribution >= 4 is 5.91 Å². The Morgan fingerprint density at radius 3 is 2.43 bits per heavy atom. The zero-order valence-electron chi connectivity index (χ0n) is 15.2. The molecule has 3 heterocycles. The number of nitrogens with one attached hydrogen (secondary N) is 1. The first-order valence-corrected chi connectivity index (χ1v) is 9.22. The molecule has 2 N–H and O–H groups in total. The summed E-state index contributed by atoms with van der Waals surface area (Å²) in [7, 11) is 0. The van der Waals surface area contributed by atoms with Crippen molar-refractivity contribution in [2.45, 2.75) is 49.8 Å². The summed E-state index contributed by atoms with van der Waals surface area (Å²) < 4.78 is 64.6. The second kappa shape index (κ2) is 7.58. The van der Waals surface area contributed by atoms with Crippen molar-refractivity contribution in [2.24, 2.45) is 0 Å². The minimum atomic E-state index is -4.62. The van der Waals surface area contributed by atoms with Crippen LogP contribution in [0.5, 0.6) is 0 Å². The molecule has 2 fully saturated rings. The van der Waals surface area contributed by atoms with Crippen LogP contribution in [0.15, 0.2) is 6.07 Å². The summed E-state index contributed by atoms with van der Waals surface area (Å²) in [5, 5.41) is 16.1. The van der Waals surface area contributed by atoms with Crippen molar-refractivity contribution in [3.63, 3.8) is 0 Å². The minimum absolute atomic E-state index is 0.160. The Bertz CT molecular complexity index is 698. The molecule has 1 aromatic heterocycles. The van der Waals surface area contributed by atoms with Gasteiger partial charge in [0.25, 0.3) is 11.8 Å². The monoisotopic (exact) mass is 410 g/mol. The highest BCUT2D eigenvalue weighted by atomic mass is 19.4. The van der Waals surface area contributed by atoms with Gasteiger partial charge < -0.3 is 14.9 Å². The summed E-state index contributed by atoms with van der Waals surface area (Å²) >= 11 is 0. The van der Waals surface area contributed by atoms with Crippen LogP contribution in [0, 0.1) is 0 Å². The standard InChI is InChI=1S/C17H23F5N4O2/c18-16(19)4-7-25(8-5-16)11-15(28)2-1-6-26(9-3-15)14(27)12-10-13(24-23-12)17(20,21)22/h10,28H,1-9,11H2,(H,23,24)/t15-/m1/s1. The lowest BCUT2D eigenvalue weighted by atomic mass is 9.93. The fourth-order valence-electron chi connectivity index (χ4n) is 3.73. The van der Waals surface area contributed by atoms with Gasteiger partial charge in [0.2, 0.25) is 0 Å². The molecule has 0 aliphatic carbocycles. The highest BCUT2D eigenvalue weighted by Gasteiger charge is 2.39. The molecule has 2 saturated heterocycles. The zero-order valence-corrected chi connectivity index (χ0v) is 15.2. The molecule has 2 aliphatic heterocycles. The first-order chi connectivity index (χ1) is 13.0. The number of β-amino-alcohol motifs (C(OH)–C–C–N with tert-alkyl or cyclic N) is 1. The molecule has 0 aromatic carbocycles. The molecule has 1 aromatic rings. The third kappa shape index (κ3) is 4.99. The number of H-pyrrole nitrogens is 1. The molecular formula is C17H23F5N4O2. The Morgan fingerprint density at radius 2 is 1.82 bits per heavy atom. The number of aromatic nitrogens is 2. The first-order valence-electron chi connectivity index (χ1n) is 9.22. The molecule has 6 nitrogen and oxygen atoms in total. The van der Waals surface area contributed by atoms with Crippen molar-refractivity contribution in [3.8, 4) is 0 Å². The molecule has 28 heavy (non-hydrogen) atoms. The predicted octanol–water partition coefficient (Wildman–Crippen LogP) is 2.52. The van der Waals surface area contributed by atoms with E-state index in [-0.39, 0.29) is 57.7 Å². The predicted molar refractivity (Wildman–Crippen MR) is 88.9 cm³/mol. The number of rotatable bonds is 3. The second-order valence-electron chi connectivity index (χ2n) is 7.67. The van der Waals surface area contributed by atoms with Crippen LogP contribution in [0.4, 0.5) is 22.0 Å². The average molecular weight is 410 g/mol. The number of amides is 1. The van der Waals surface area contributed by atoms with Gasteiger partial charge in [-0.1, -0.05) is 0 Å². The molecule has 0 bridgehead atoms. The van der Waals surface area contributed by atoms with Crippen molar-refractivity contribution in [3.05, 3.63) is 17.5 Å². The van der Waals surface area contributed by atoms with Crippen molar-refractivity contribution < 1.29 is 31.9 Å². The van der Waals surface area contributed by atoms with E-state index >= 15 is 0 Å². The molecular weight excluding hydrogens is 387 g/mol. The van der Waals surface area contributed by atoms with Crippen molar-refractivity contribution in [1.82, 2.24) is 20.0 Å². The fraction of sp³-hybridized carbons (Fsp3) is 0.765. The first kappa shape index (κ1) is 21.0. The van der Waals surface area contributed by atoms with Gasteiger partial charge in [-0.3, -0.25) is 9.89 Å². The quantitative estimate of drug-likeness (QED) is 0.752. The Labute approximate surface area is 158 Å². The summed E-state index contributed by atoms with van der Waals surface area (Å²) in [5.74, 6) is -3.29. The van der Waals surface area contributed by atoms with Gasteiger partial charge in [-0.2, -0.15) is 18.3 Å².